The van der Waals surface area contributed by atoms with Crippen LogP contribution in [-0.4, -0.2) is 34.6 Å². The van der Waals surface area contributed by atoms with Crippen LogP contribution in [0.4, 0.5) is 24.5 Å². The molecule has 2 N–H and O–H groups in total. The summed E-state index contributed by atoms with van der Waals surface area (Å²) >= 11 is 2.62. The zero-order valence-corrected chi connectivity index (χ0v) is 26.0. The van der Waals surface area contributed by atoms with E-state index in [2.05, 4.69) is 10.3 Å². The van der Waals surface area contributed by atoms with Crippen molar-refractivity contribution >= 4 is 52.2 Å². The first kappa shape index (κ1) is 30.0. The molecule has 2 aliphatic heterocycles. The molecule has 3 fully saturated rings. The lowest BCUT2D eigenvalue weighted by atomic mass is 9.68. The summed E-state index contributed by atoms with van der Waals surface area (Å²) in [6.07, 6.45) is -4.12. The van der Waals surface area contributed by atoms with Crippen LogP contribution in [0.2, 0.25) is 0 Å². The van der Waals surface area contributed by atoms with E-state index in [1.165, 1.54) is 30.0 Å². The number of anilines is 2. The van der Waals surface area contributed by atoms with E-state index in [-0.39, 0.29) is 46.3 Å². The molecule has 2 saturated carbocycles. The van der Waals surface area contributed by atoms with Gasteiger partial charge in [0.05, 0.1) is 28.1 Å². The predicted octanol–water partition coefficient (Wildman–Crippen LogP) is 6.15. The molecule has 4 aliphatic rings. The van der Waals surface area contributed by atoms with Gasteiger partial charge in [-0.05, 0) is 66.1 Å². The molecule has 3 aromatic carbocycles. The van der Waals surface area contributed by atoms with Crippen molar-refractivity contribution in [1.29, 1.82) is 0 Å². The Bertz CT molecular complexity index is 1960. The molecule has 0 spiro atoms. The SMILES string of the molecule is O=C(COc1ccc([C@H]2c3sc(=O)[nH]c3SC3C2[C@H]2C[C@@H]3C3C(=O)N(c4ccccc4C(F)(F)F)C(=O)C32)cc1)Nc1ccccc1. The molecular formula is C34H26F3N3O5S2. The van der Waals surface area contributed by atoms with Crippen molar-refractivity contribution in [3.05, 3.63) is 105 Å². The van der Waals surface area contributed by atoms with Gasteiger partial charge in [0.2, 0.25) is 11.8 Å². The molecule has 3 amide bonds. The number of H-pyrrole nitrogens is 1. The zero-order chi connectivity index (χ0) is 32.6. The number of fused-ring (bicyclic) bond motifs is 9. The van der Waals surface area contributed by atoms with E-state index < -0.39 is 41.1 Å². The number of ether oxygens (including phenoxy) is 1. The second kappa shape index (κ2) is 11.1. The quantitative estimate of drug-likeness (QED) is 0.237. The molecule has 8 nitrogen and oxygen atoms in total. The monoisotopic (exact) mass is 677 g/mol. The number of para-hydroxylation sites is 2. The molecule has 4 aromatic rings. The summed E-state index contributed by atoms with van der Waals surface area (Å²) in [6.45, 7) is -0.195. The van der Waals surface area contributed by atoms with Crippen molar-refractivity contribution < 1.29 is 32.3 Å². The number of nitrogens with zero attached hydrogens (tertiary/aromatic N) is 1. The lowest BCUT2D eigenvalue weighted by molar-refractivity contribution is -0.137. The Kier molecular flexibility index (Phi) is 7.10. The minimum Gasteiger partial charge on any atom is -0.484 e. The van der Waals surface area contributed by atoms with E-state index in [9.17, 15) is 32.3 Å². The van der Waals surface area contributed by atoms with Crippen molar-refractivity contribution in [1.82, 2.24) is 4.98 Å². The van der Waals surface area contributed by atoms with Crippen LogP contribution in [0.15, 0.2) is 88.7 Å². The van der Waals surface area contributed by atoms with Gasteiger partial charge in [0.15, 0.2) is 6.61 Å². The van der Waals surface area contributed by atoms with Crippen molar-refractivity contribution in [3.8, 4) is 5.75 Å². The highest BCUT2D eigenvalue weighted by molar-refractivity contribution is 8.00. The number of aromatic amines is 1. The third-order valence-electron chi connectivity index (χ3n) is 9.84. The van der Waals surface area contributed by atoms with E-state index in [0.29, 0.717) is 17.9 Å². The summed E-state index contributed by atoms with van der Waals surface area (Å²) in [6, 6.07) is 21.0. The zero-order valence-electron chi connectivity index (χ0n) is 24.4. The normalized spacial score (nSPS) is 27.4. The highest BCUT2D eigenvalue weighted by Gasteiger charge is 2.70. The van der Waals surface area contributed by atoms with Crippen LogP contribution in [-0.2, 0) is 20.6 Å². The van der Waals surface area contributed by atoms with Crippen molar-refractivity contribution in [2.75, 3.05) is 16.8 Å². The Balaban J connectivity index is 1.08. The third-order valence-corrected chi connectivity index (χ3v) is 12.4. The van der Waals surface area contributed by atoms with Gasteiger partial charge < -0.3 is 15.0 Å². The molecule has 4 unspecified atom stereocenters. The maximum Gasteiger partial charge on any atom is 0.418 e. The fraction of sp³-hybridized carbons (Fsp3) is 0.294. The van der Waals surface area contributed by atoms with E-state index in [4.69, 9.17) is 4.74 Å². The standard InChI is InChI=1S/C34H26F3N3O5S2/c35-34(36,37)21-8-4-5-9-22(21)40-31(42)26-19-14-20(27(26)32(40)43)28-25(19)24(29-30(46-28)39-33(44)47-29)16-10-12-18(13-11-16)45-15-23(41)38-17-6-2-1-3-7-17/h1-13,19-20,24-28H,14-15H2,(H,38,41)(H,39,44)/t19-,20-,24-,25?,26?,27?,28?/m1/s1. The van der Waals surface area contributed by atoms with Gasteiger partial charge in [-0.3, -0.25) is 19.2 Å². The number of rotatable bonds is 6. The highest BCUT2D eigenvalue weighted by Crippen LogP contribution is 2.68. The van der Waals surface area contributed by atoms with Crippen LogP contribution in [0.1, 0.15) is 28.3 Å². The van der Waals surface area contributed by atoms with Gasteiger partial charge in [-0.1, -0.05) is 53.8 Å². The van der Waals surface area contributed by atoms with E-state index in [0.717, 1.165) is 37.8 Å². The molecule has 2 aliphatic carbocycles. The number of amides is 3. The molecule has 1 aromatic heterocycles. The number of carbonyl (C=O) groups excluding carboxylic acids is 3. The van der Waals surface area contributed by atoms with E-state index >= 15 is 0 Å². The number of imide groups is 1. The predicted molar refractivity (Wildman–Crippen MR) is 169 cm³/mol. The van der Waals surface area contributed by atoms with Crippen molar-refractivity contribution in [3.63, 3.8) is 0 Å². The second-order valence-electron chi connectivity index (χ2n) is 12.3. The number of hydrogen-bond acceptors (Lipinski definition) is 7. The summed E-state index contributed by atoms with van der Waals surface area (Å²) in [4.78, 5) is 57.1. The number of benzene rings is 3. The maximum atomic E-state index is 13.9. The van der Waals surface area contributed by atoms with Gasteiger partial charge in [0.25, 0.3) is 5.91 Å². The van der Waals surface area contributed by atoms with Gasteiger partial charge >= 0.3 is 11.0 Å². The van der Waals surface area contributed by atoms with E-state index in [1.54, 1.807) is 24.3 Å². The number of hydrogen-bond donors (Lipinski definition) is 2. The van der Waals surface area contributed by atoms with Crippen LogP contribution < -0.4 is 19.8 Å². The first-order valence-corrected chi connectivity index (χ1v) is 16.8. The molecule has 47 heavy (non-hydrogen) atoms. The third kappa shape index (κ3) is 4.89. The van der Waals surface area contributed by atoms with Crippen LogP contribution in [0.25, 0.3) is 0 Å². The van der Waals surface area contributed by atoms with Crippen LogP contribution in [0.5, 0.6) is 5.75 Å². The Morgan fingerprint density at radius 2 is 1.60 bits per heavy atom. The molecular weight excluding hydrogens is 652 g/mol. The summed E-state index contributed by atoms with van der Waals surface area (Å²) < 4.78 is 47.5. The first-order chi connectivity index (χ1) is 22.6. The van der Waals surface area contributed by atoms with Crippen molar-refractivity contribution in [2.45, 2.75) is 28.8 Å². The smallest absolute Gasteiger partial charge is 0.418 e. The maximum absolute atomic E-state index is 13.9. The van der Waals surface area contributed by atoms with E-state index in [1.807, 2.05) is 30.3 Å². The van der Waals surface area contributed by atoms with Gasteiger partial charge in [-0.25, -0.2) is 4.90 Å². The lowest BCUT2D eigenvalue weighted by Gasteiger charge is -2.43. The molecule has 2 bridgehead atoms. The number of aromatic nitrogens is 1. The summed E-state index contributed by atoms with van der Waals surface area (Å²) in [5, 5.41) is 3.38. The minimum atomic E-state index is -4.73. The Morgan fingerprint density at radius 1 is 0.915 bits per heavy atom. The fourth-order valence-electron chi connectivity index (χ4n) is 8.17. The number of thiazole rings is 1. The summed E-state index contributed by atoms with van der Waals surface area (Å²) in [7, 11) is 0. The molecule has 7 atom stereocenters. The Morgan fingerprint density at radius 3 is 2.32 bits per heavy atom. The minimum absolute atomic E-state index is 0.115. The topological polar surface area (TPSA) is 109 Å². The van der Waals surface area contributed by atoms with Crippen LogP contribution in [0.3, 0.4) is 0 Å². The molecule has 240 valence electrons. The van der Waals surface area contributed by atoms with Crippen LogP contribution >= 0.6 is 23.1 Å². The van der Waals surface area contributed by atoms with Gasteiger partial charge in [-0.15, -0.1) is 11.8 Å². The molecule has 3 heterocycles. The van der Waals surface area contributed by atoms with Gasteiger partial charge in [0, 0.05) is 21.7 Å². The lowest BCUT2D eigenvalue weighted by Crippen LogP contribution is -2.42. The number of halogens is 3. The molecule has 0 radical (unpaired) electrons. The number of thioether (sulfide) groups is 1. The second-order valence-corrected chi connectivity index (χ2v) is 14.5. The number of alkyl halides is 3. The van der Waals surface area contributed by atoms with Crippen LogP contribution in [0, 0.1) is 29.6 Å². The highest BCUT2D eigenvalue weighted by atomic mass is 32.2. The average Bonchev–Trinajstić information content (AvgIpc) is 3.79. The molecule has 13 heteroatoms. The van der Waals surface area contributed by atoms with Gasteiger partial charge in [0.1, 0.15) is 5.75 Å². The van der Waals surface area contributed by atoms with Crippen molar-refractivity contribution in [2.24, 2.45) is 29.6 Å². The Labute approximate surface area is 274 Å². The number of carbonyl (C=O) groups is 3. The first-order valence-electron chi connectivity index (χ1n) is 15.1. The average molecular weight is 678 g/mol. The number of nitrogens with one attached hydrogen (secondary N) is 2. The largest absolute Gasteiger partial charge is 0.484 e. The fourth-order valence-corrected chi connectivity index (χ4v) is 11.1. The van der Waals surface area contributed by atoms with Gasteiger partial charge in [-0.2, -0.15) is 13.2 Å². The Hall–Kier alpha value is -4.36. The molecule has 1 saturated heterocycles. The summed E-state index contributed by atoms with van der Waals surface area (Å²) in [5.74, 6) is -3.33. The summed E-state index contributed by atoms with van der Waals surface area (Å²) in [5.41, 5.74) is 0.106. The molecule has 8 rings (SSSR count).